The summed E-state index contributed by atoms with van der Waals surface area (Å²) in [7, 11) is 4.69. The normalized spacial score (nSPS) is 11.2. The van der Waals surface area contributed by atoms with Gasteiger partial charge in [-0.15, -0.1) is 10.2 Å². The van der Waals surface area contributed by atoms with Crippen LogP contribution in [0.3, 0.4) is 0 Å². The minimum atomic E-state index is -1.08. The smallest absolute Gasteiger partial charge is 0.342 e. The fourth-order valence-electron chi connectivity index (χ4n) is 3.81. The van der Waals surface area contributed by atoms with Crippen molar-refractivity contribution in [1.29, 1.82) is 0 Å². The predicted octanol–water partition coefficient (Wildman–Crippen LogP) is 5.79. The van der Waals surface area contributed by atoms with Gasteiger partial charge in [-0.1, -0.05) is 36.4 Å². The number of aromatic nitrogens is 3. The molecular formula is C29H29N3O6S. The molecule has 1 heterocycles. The largest absolute Gasteiger partial charge is 0.497 e. The second kappa shape index (κ2) is 12.9. The minimum Gasteiger partial charge on any atom is -0.497 e. The molecule has 202 valence electrons. The van der Waals surface area contributed by atoms with Crippen molar-refractivity contribution in [1.82, 2.24) is 14.8 Å². The summed E-state index contributed by atoms with van der Waals surface area (Å²) in [6, 6.07) is 20.5. The van der Waals surface area contributed by atoms with E-state index in [-0.39, 0.29) is 4.91 Å². The molecule has 3 aromatic carbocycles. The van der Waals surface area contributed by atoms with E-state index in [1.807, 2.05) is 54.0 Å². The Morgan fingerprint density at radius 2 is 1.64 bits per heavy atom. The second-order valence-electron chi connectivity index (χ2n) is 8.25. The zero-order valence-corrected chi connectivity index (χ0v) is 22.9. The highest BCUT2D eigenvalue weighted by atomic mass is 32.2. The SMILES string of the molecule is CCn1c(S/C(=C\c2ccc(OCc3ccccc3)c(OC)c2)C(=O)O)nnc1-c1cc(OC)cc(OC)c1. The summed E-state index contributed by atoms with van der Waals surface area (Å²) in [5.74, 6) is 1.77. The van der Waals surface area contributed by atoms with Gasteiger partial charge in [0.1, 0.15) is 23.0 Å². The number of hydrogen-bond donors (Lipinski definition) is 1. The average molecular weight is 548 g/mol. The first-order valence-corrected chi connectivity index (χ1v) is 12.9. The first kappa shape index (κ1) is 27.6. The highest BCUT2D eigenvalue weighted by Crippen LogP contribution is 2.35. The van der Waals surface area contributed by atoms with Gasteiger partial charge >= 0.3 is 5.97 Å². The maximum atomic E-state index is 12.2. The average Bonchev–Trinajstić information content (AvgIpc) is 3.38. The quantitative estimate of drug-likeness (QED) is 0.174. The molecule has 0 radical (unpaired) electrons. The van der Waals surface area contributed by atoms with Crippen molar-refractivity contribution in [2.75, 3.05) is 21.3 Å². The number of benzene rings is 3. The van der Waals surface area contributed by atoms with Crippen molar-refractivity contribution in [3.63, 3.8) is 0 Å². The molecule has 0 aliphatic heterocycles. The highest BCUT2D eigenvalue weighted by molar-refractivity contribution is 8.04. The van der Waals surface area contributed by atoms with Gasteiger partial charge in [0.15, 0.2) is 22.5 Å². The van der Waals surface area contributed by atoms with Crippen molar-refractivity contribution in [3.8, 4) is 34.4 Å². The van der Waals surface area contributed by atoms with Crippen molar-refractivity contribution in [3.05, 3.63) is 82.8 Å². The molecule has 0 unspecified atom stereocenters. The molecule has 0 saturated carbocycles. The van der Waals surface area contributed by atoms with Crippen LogP contribution in [0.4, 0.5) is 0 Å². The molecule has 39 heavy (non-hydrogen) atoms. The number of carbonyl (C=O) groups is 1. The number of hydrogen-bond acceptors (Lipinski definition) is 8. The molecule has 0 amide bonds. The van der Waals surface area contributed by atoms with Gasteiger partial charge in [-0.3, -0.25) is 0 Å². The van der Waals surface area contributed by atoms with Crippen LogP contribution in [0.25, 0.3) is 17.5 Å². The van der Waals surface area contributed by atoms with Crippen molar-refractivity contribution in [2.45, 2.75) is 25.2 Å². The number of methoxy groups -OCH3 is 3. The fraction of sp³-hybridized carbons (Fsp3) is 0.207. The second-order valence-corrected chi connectivity index (χ2v) is 9.26. The summed E-state index contributed by atoms with van der Waals surface area (Å²) in [5, 5.41) is 19.0. The van der Waals surface area contributed by atoms with E-state index < -0.39 is 5.97 Å². The van der Waals surface area contributed by atoms with Crippen LogP contribution in [0.15, 0.2) is 76.8 Å². The zero-order valence-electron chi connectivity index (χ0n) is 22.1. The van der Waals surface area contributed by atoms with E-state index in [0.717, 1.165) is 22.9 Å². The zero-order chi connectivity index (χ0) is 27.8. The third-order valence-electron chi connectivity index (χ3n) is 5.78. The molecule has 10 heteroatoms. The molecule has 0 aliphatic carbocycles. The molecule has 0 spiro atoms. The summed E-state index contributed by atoms with van der Waals surface area (Å²) < 4.78 is 24.0. The van der Waals surface area contributed by atoms with E-state index in [2.05, 4.69) is 10.2 Å². The van der Waals surface area contributed by atoms with Crippen LogP contribution in [0.2, 0.25) is 0 Å². The lowest BCUT2D eigenvalue weighted by Gasteiger charge is -2.12. The third kappa shape index (κ3) is 6.71. The van der Waals surface area contributed by atoms with Crippen LogP contribution in [0.5, 0.6) is 23.0 Å². The van der Waals surface area contributed by atoms with E-state index >= 15 is 0 Å². The van der Waals surface area contributed by atoms with Gasteiger partial charge in [-0.2, -0.15) is 0 Å². The Bertz CT molecular complexity index is 1450. The van der Waals surface area contributed by atoms with E-state index in [1.54, 1.807) is 51.7 Å². The maximum Gasteiger partial charge on any atom is 0.342 e. The van der Waals surface area contributed by atoms with E-state index in [1.165, 1.54) is 0 Å². The van der Waals surface area contributed by atoms with Gasteiger partial charge in [-0.05, 0) is 60.2 Å². The number of carboxylic acid groups (broad SMARTS) is 1. The Kier molecular flexibility index (Phi) is 9.11. The van der Waals surface area contributed by atoms with Crippen LogP contribution in [-0.4, -0.2) is 47.2 Å². The number of thioether (sulfide) groups is 1. The standard InChI is InChI=1S/C29H29N3O6S/c1-5-32-27(21-15-22(35-2)17-23(16-21)36-3)30-31-29(32)39-26(28(33)34)14-20-11-12-24(25(13-20)37-4)38-18-19-9-7-6-8-10-19/h6-17H,5,18H2,1-4H3,(H,33,34)/b26-14-. The van der Waals surface area contributed by atoms with Gasteiger partial charge in [0.2, 0.25) is 0 Å². The maximum absolute atomic E-state index is 12.2. The van der Waals surface area contributed by atoms with Crippen LogP contribution in [0.1, 0.15) is 18.1 Å². The van der Waals surface area contributed by atoms with E-state index in [9.17, 15) is 9.90 Å². The summed E-state index contributed by atoms with van der Waals surface area (Å²) in [6.45, 7) is 2.85. The minimum absolute atomic E-state index is 0.0758. The first-order chi connectivity index (χ1) is 18.9. The van der Waals surface area contributed by atoms with Crippen LogP contribution in [0, 0.1) is 0 Å². The van der Waals surface area contributed by atoms with Gasteiger partial charge in [-0.25, -0.2) is 4.79 Å². The van der Waals surface area contributed by atoms with Crippen LogP contribution >= 0.6 is 11.8 Å². The van der Waals surface area contributed by atoms with Gasteiger partial charge in [0, 0.05) is 18.2 Å². The molecule has 0 aliphatic rings. The molecule has 0 bridgehead atoms. The summed E-state index contributed by atoms with van der Waals surface area (Å²) in [5.41, 5.74) is 2.41. The van der Waals surface area contributed by atoms with Crippen molar-refractivity contribution >= 4 is 23.8 Å². The van der Waals surface area contributed by atoms with E-state index in [4.69, 9.17) is 18.9 Å². The molecule has 4 rings (SSSR count). The molecular weight excluding hydrogens is 518 g/mol. The highest BCUT2D eigenvalue weighted by Gasteiger charge is 2.19. The molecule has 1 aromatic heterocycles. The fourth-order valence-corrected chi connectivity index (χ4v) is 4.70. The lowest BCUT2D eigenvalue weighted by Crippen LogP contribution is -2.03. The van der Waals surface area contributed by atoms with Crippen molar-refractivity contribution < 1.29 is 28.8 Å². The van der Waals surface area contributed by atoms with Gasteiger partial charge in [0.25, 0.3) is 0 Å². The number of carboxylic acids is 1. The molecule has 0 atom stereocenters. The summed E-state index contributed by atoms with van der Waals surface area (Å²) in [6.07, 6.45) is 1.57. The van der Waals surface area contributed by atoms with Gasteiger partial charge in [0.05, 0.1) is 21.3 Å². The topological polar surface area (TPSA) is 105 Å². The van der Waals surface area contributed by atoms with Crippen LogP contribution < -0.4 is 18.9 Å². The summed E-state index contributed by atoms with van der Waals surface area (Å²) in [4.78, 5) is 12.3. The monoisotopic (exact) mass is 547 g/mol. The number of aliphatic carboxylic acids is 1. The number of nitrogens with zero attached hydrogens (tertiary/aromatic N) is 3. The lowest BCUT2D eigenvalue weighted by molar-refractivity contribution is -0.131. The van der Waals surface area contributed by atoms with Crippen molar-refractivity contribution in [2.24, 2.45) is 0 Å². The Hall–Kier alpha value is -4.44. The molecule has 4 aromatic rings. The Morgan fingerprint density at radius 3 is 2.26 bits per heavy atom. The number of ether oxygens (including phenoxy) is 4. The summed E-state index contributed by atoms with van der Waals surface area (Å²) >= 11 is 1.02. The predicted molar refractivity (Wildman–Crippen MR) is 149 cm³/mol. The molecule has 0 saturated heterocycles. The molecule has 9 nitrogen and oxygen atoms in total. The first-order valence-electron chi connectivity index (χ1n) is 12.1. The molecule has 1 N–H and O–H groups in total. The van der Waals surface area contributed by atoms with E-state index in [0.29, 0.717) is 52.7 Å². The Labute approximate surface area is 231 Å². The Morgan fingerprint density at radius 1 is 0.923 bits per heavy atom. The molecule has 0 fully saturated rings. The van der Waals surface area contributed by atoms with Crippen LogP contribution in [-0.2, 0) is 17.9 Å². The Balaban J connectivity index is 1.60. The number of rotatable bonds is 12. The third-order valence-corrected chi connectivity index (χ3v) is 6.77. The van der Waals surface area contributed by atoms with Gasteiger partial charge < -0.3 is 28.6 Å². The lowest BCUT2D eigenvalue weighted by atomic mass is 10.2.